The van der Waals surface area contributed by atoms with E-state index in [0.29, 0.717) is 13.1 Å². The number of allylic oxidation sites excluding steroid dienone is 1. The third-order valence-electron chi connectivity index (χ3n) is 5.08. The summed E-state index contributed by atoms with van der Waals surface area (Å²) < 4.78 is 1.71. The smallest absolute Gasteiger partial charge is 0.250 e. The molecule has 0 radical (unpaired) electrons. The summed E-state index contributed by atoms with van der Waals surface area (Å²) in [6.07, 6.45) is 10.4. The fourth-order valence-corrected chi connectivity index (χ4v) is 3.43. The summed E-state index contributed by atoms with van der Waals surface area (Å²) in [5.74, 6) is 0.830. The third kappa shape index (κ3) is 7.68. The van der Waals surface area contributed by atoms with E-state index >= 15 is 0 Å². The van der Waals surface area contributed by atoms with Gasteiger partial charge in [-0.1, -0.05) is 42.0 Å². The molecule has 156 valence electrons. The monoisotopic (exact) mass is 506 g/mol. The van der Waals surface area contributed by atoms with Crippen molar-refractivity contribution in [1.82, 2.24) is 15.2 Å². The molecule has 29 heavy (non-hydrogen) atoms. The number of nitrogens with one attached hydrogen (secondary N) is 2. The van der Waals surface area contributed by atoms with E-state index < -0.39 is 0 Å². The molecule has 1 heterocycles. The number of halogens is 1. The van der Waals surface area contributed by atoms with E-state index in [2.05, 4.69) is 46.0 Å². The molecular formula is C23H31IN4O. The topological polar surface area (TPSA) is 58.4 Å². The van der Waals surface area contributed by atoms with Crippen molar-refractivity contribution in [3.63, 3.8) is 0 Å². The Kier molecular flexibility index (Phi) is 9.97. The van der Waals surface area contributed by atoms with Gasteiger partial charge >= 0.3 is 0 Å². The van der Waals surface area contributed by atoms with Gasteiger partial charge < -0.3 is 15.2 Å². The number of nitrogens with zero attached hydrogens (tertiary/aromatic N) is 2. The first kappa shape index (κ1) is 23.2. The van der Waals surface area contributed by atoms with Gasteiger partial charge in [-0.2, -0.15) is 0 Å². The SMILES string of the molecule is CN=C(NCCC1=CCCCC1)NCc1ccc(Cn2ccccc2=O)cc1.I. The largest absolute Gasteiger partial charge is 0.356 e. The number of pyridine rings is 1. The Balaban J connectivity index is 0.00000300. The number of rotatable bonds is 7. The molecule has 0 bridgehead atoms. The Morgan fingerprint density at radius 1 is 1.07 bits per heavy atom. The summed E-state index contributed by atoms with van der Waals surface area (Å²) in [5.41, 5.74) is 3.89. The highest BCUT2D eigenvalue weighted by Gasteiger charge is 2.04. The van der Waals surface area contributed by atoms with Gasteiger partial charge in [-0.25, -0.2) is 0 Å². The molecule has 0 atom stereocenters. The maximum atomic E-state index is 11.8. The lowest BCUT2D eigenvalue weighted by molar-refractivity contribution is 0.665. The molecule has 6 heteroatoms. The first-order chi connectivity index (χ1) is 13.7. The van der Waals surface area contributed by atoms with Crippen LogP contribution in [0.3, 0.4) is 0 Å². The number of hydrogen-bond donors (Lipinski definition) is 2. The normalized spacial score (nSPS) is 14.0. The molecule has 5 nitrogen and oxygen atoms in total. The number of hydrogen-bond acceptors (Lipinski definition) is 2. The zero-order chi connectivity index (χ0) is 19.6. The van der Waals surface area contributed by atoms with E-state index in [-0.39, 0.29) is 29.5 Å². The molecule has 1 aliphatic rings. The van der Waals surface area contributed by atoms with E-state index in [0.717, 1.165) is 24.5 Å². The molecule has 1 aromatic heterocycles. The molecule has 0 aliphatic heterocycles. The van der Waals surface area contributed by atoms with Crippen molar-refractivity contribution in [2.45, 2.75) is 45.2 Å². The quantitative estimate of drug-likeness (QED) is 0.258. The fraction of sp³-hybridized carbons (Fsp3) is 0.391. The second-order valence-electron chi connectivity index (χ2n) is 7.19. The summed E-state index contributed by atoms with van der Waals surface area (Å²) in [5, 5.41) is 6.76. The van der Waals surface area contributed by atoms with E-state index in [1.807, 2.05) is 12.3 Å². The van der Waals surface area contributed by atoms with Crippen LogP contribution < -0.4 is 16.2 Å². The number of guanidine groups is 1. The highest BCUT2D eigenvalue weighted by atomic mass is 127. The number of aliphatic imine (C=N–C) groups is 1. The van der Waals surface area contributed by atoms with Crippen molar-refractivity contribution < 1.29 is 0 Å². The summed E-state index contributed by atoms with van der Waals surface area (Å²) in [4.78, 5) is 16.1. The van der Waals surface area contributed by atoms with Crippen LogP contribution in [0.1, 0.15) is 43.2 Å². The van der Waals surface area contributed by atoms with Crippen LogP contribution in [-0.4, -0.2) is 24.1 Å². The first-order valence-corrected chi connectivity index (χ1v) is 10.1. The standard InChI is InChI=1S/C23H30N4O.HI/c1-24-23(25-15-14-19-7-3-2-4-8-19)26-17-20-10-12-21(13-11-20)18-27-16-6-5-9-22(27)28;/h5-7,9-13,16H,2-4,8,14-15,17-18H2,1H3,(H2,24,25,26);1H. The minimum absolute atomic E-state index is 0. The van der Waals surface area contributed by atoms with Crippen LogP contribution in [0.25, 0.3) is 0 Å². The molecule has 1 aliphatic carbocycles. The van der Waals surface area contributed by atoms with Crippen LogP contribution in [0.5, 0.6) is 0 Å². The molecular weight excluding hydrogens is 475 g/mol. The van der Waals surface area contributed by atoms with Gasteiger partial charge in [0.15, 0.2) is 5.96 Å². The Morgan fingerprint density at radius 3 is 2.55 bits per heavy atom. The van der Waals surface area contributed by atoms with Gasteiger partial charge in [0.05, 0.1) is 6.54 Å². The van der Waals surface area contributed by atoms with Gasteiger partial charge in [0.2, 0.25) is 0 Å². The average molecular weight is 506 g/mol. The Labute approximate surface area is 190 Å². The number of benzene rings is 1. The minimum Gasteiger partial charge on any atom is -0.356 e. The lowest BCUT2D eigenvalue weighted by atomic mass is 9.97. The molecule has 3 rings (SSSR count). The second kappa shape index (κ2) is 12.5. The molecule has 0 spiro atoms. The van der Waals surface area contributed by atoms with Crippen LogP contribution in [0, 0.1) is 0 Å². The maximum absolute atomic E-state index is 11.8. The highest BCUT2D eigenvalue weighted by molar-refractivity contribution is 14.0. The zero-order valence-electron chi connectivity index (χ0n) is 17.1. The first-order valence-electron chi connectivity index (χ1n) is 10.1. The fourth-order valence-electron chi connectivity index (χ4n) is 3.43. The predicted octanol–water partition coefficient (Wildman–Crippen LogP) is 4.07. The van der Waals surface area contributed by atoms with Gasteiger partial charge in [-0.05, 0) is 49.3 Å². The lowest BCUT2D eigenvalue weighted by Crippen LogP contribution is -2.37. The maximum Gasteiger partial charge on any atom is 0.250 e. The number of aromatic nitrogens is 1. The van der Waals surface area contributed by atoms with E-state index in [9.17, 15) is 4.79 Å². The molecule has 0 amide bonds. The van der Waals surface area contributed by atoms with Crippen molar-refractivity contribution in [2.24, 2.45) is 4.99 Å². The van der Waals surface area contributed by atoms with Gasteiger partial charge in [-0.3, -0.25) is 9.79 Å². The van der Waals surface area contributed by atoms with Crippen LogP contribution in [0.4, 0.5) is 0 Å². The van der Waals surface area contributed by atoms with Crippen LogP contribution in [-0.2, 0) is 13.1 Å². The van der Waals surface area contributed by atoms with E-state index in [1.165, 1.54) is 31.2 Å². The molecule has 0 unspecified atom stereocenters. The Morgan fingerprint density at radius 2 is 1.86 bits per heavy atom. The second-order valence-corrected chi connectivity index (χ2v) is 7.19. The highest BCUT2D eigenvalue weighted by Crippen LogP contribution is 2.19. The molecule has 1 aromatic carbocycles. The molecule has 0 saturated heterocycles. The van der Waals surface area contributed by atoms with Gasteiger partial charge in [-0.15, -0.1) is 24.0 Å². The van der Waals surface area contributed by atoms with Crippen molar-refractivity contribution in [3.05, 3.63) is 81.8 Å². The molecule has 2 aromatic rings. The van der Waals surface area contributed by atoms with Gasteiger partial charge in [0.25, 0.3) is 5.56 Å². The van der Waals surface area contributed by atoms with Crippen molar-refractivity contribution >= 4 is 29.9 Å². The average Bonchev–Trinajstić information content (AvgIpc) is 2.74. The Bertz CT molecular complexity index is 871. The molecule has 0 fully saturated rings. The molecule has 0 saturated carbocycles. The summed E-state index contributed by atoms with van der Waals surface area (Å²) in [6.45, 7) is 2.22. The van der Waals surface area contributed by atoms with Crippen LogP contribution >= 0.6 is 24.0 Å². The predicted molar refractivity (Wildman–Crippen MR) is 131 cm³/mol. The molecule has 2 N–H and O–H groups in total. The van der Waals surface area contributed by atoms with Crippen molar-refractivity contribution in [3.8, 4) is 0 Å². The van der Waals surface area contributed by atoms with Gasteiger partial charge in [0.1, 0.15) is 0 Å². The van der Waals surface area contributed by atoms with Crippen LogP contribution in [0.2, 0.25) is 0 Å². The van der Waals surface area contributed by atoms with Crippen molar-refractivity contribution in [2.75, 3.05) is 13.6 Å². The van der Waals surface area contributed by atoms with Crippen molar-refractivity contribution in [1.29, 1.82) is 0 Å². The van der Waals surface area contributed by atoms with E-state index in [1.54, 1.807) is 29.3 Å². The van der Waals surface area contributed by atoms with Crippen LogP contribution in [0.15, 0.2) is 70.1 Å². The van der Waals surface area contributed by atoms with E-state index in [4.69, 9.17) is 0 Å². The third-order valence-corrected chi connectivity index (χ3v) is 5.08. The summed E-state index contributed by atoms with van der Waals surface area (Å²) in [7, 11) is 1.80. The minimum atomic E-state index is 0. The van der Waals surface area contributed by atoms with Gasteiger partial charge in [0, 0.05) is 32.4 Å². The summed E-state index contributed by atoms with van der Waals surface area (Å²) >= 11 is 0. The lowest BCUT2D eigenvalue weighted by Gasteiger charge is -2.15. The summed E-state index contributed by atoms with van der Waals surface area (Å²) in [6, 6.07) is 13.6. The Hall–Kier alpha value is -2.09. The zero-order valence-corrected chi connectivity index (χ0v) is 19.4.